The fraction of sp³-hybridized carbons (Fsp3) is 0.714. The fourth-order valence-corrected chi connectivity index (χ4v) is 3.07. The van der Waals surface area contributed by atoms with Crippen LogP contribution in [0.4, 0.5) is 0 Å². The molecule has 4 heteroatoms. The van der Waals surface area contributed by atoms with Crippen molar-refractivity contribution in [2.24, 2.45) is 5.92 Å². The van der Waals surface area contributed by atoms with Crippen LogP contribution in [0.2, 0.25) is 0 Å². The number of rotatable bonds is 8. The van der Waals surface area contributed by atoms with E-state index in [1.54, 1.807) is 13.4 Å². The third-order valence-electron chi connectivity index (χ3n) is 3.14. The summed E-state index contributed by atoms with van der Waals surface area (Å²) in [5, 5.41) is 0. The van der Waals surface area contributed by atoms with Crippen molar-refractivity contribution in [1.29, 1.82) is 0 Å². The smallest absolute Gasteiger partial charge is 0.216 e. The predicted molar refractivity (Wildman–Crippen MR) is 78.3 cm³/mol. The van der Waals surface area contributed by atoms with Crippen molar-refractivity contribution in [2.75, 3.05) is 7.11 Å². The van der Waals surface area contributed by atoms with Gasteiger partial charge in [0.05, 0.1) is 7.11 Å². The zero-order chi connectivity index (χ0) is 13.4. The van der Waals surface area contributed by atoms with Crippen molar-refractivity contribution in [3.63, 3.8) is 0 Å². The van der Waals surface area contributed by atoms with Gasteiger partial charge in [-0.05, 0) is 18.8 Å². The van der Waals surface area contributed by atoms with E-state index in [1.807, 2.05) is 6.07 Å². The molecule has 0 N–H and O–H groups in total. The molecule has 1 heterocycles. The molecule has 102 valence electrons. The summed E-state index contributed by atoms with van der Waals surface area (Å²) in [6.07, 6.45) is 7.52. The molecule has 1 aromatic heterocycles. The second-order valence-electron chi connectivity index (χ2n) is 4.61. The molecule has 0 fully saturated rings. The van der Waals surface area contributed by atoms with Gasteiger partial charge in [0.1, 0.15) is 6.33 Å². The molecule has 18 heavy (non-hydrogen) atoms. The minimum Gasteiger partial charge on any atom is -0.481 e. The van der Waals surface area contributed by atoms with Crippen LogP contribution in [0.25, 0.3) is 0 Å². The zero-order valence-electron chi connectivity index (χ0n) is 11.5. The van der Waals surface area contributed by atoms with Crippen LogP contribution < -0.4 is 4.74 Å². The number of hydrogen-bond donors (Lipinski definition) is 0. The topological polar surface area (TPSA) is 35.0 Å². The standard InChI is InChI=1S/C14H23BrN2O/c1-4-6-11(7-5-2)13(15)8-12-9-14(18-3)17-10-16-12/h9-11,13H,4-8H2,1-3H3. The van der Waals surface area contributed by atoms with E-state index in [4.69, 9.17) is 4.74 Å². The van der Waals surface area contributed by atoms with Crippen LogP contribution in [0.3, 0.4) is 0 Å². The van der Waals surface area contributed by atoms with Crippen molar-refractivity contribution in [3.05, 3.63) is 18.1 Å². The first-order valence-corrected chi connectivity index (χ1v) is 7.61. The van der Waals surface area contributed by atoms with E-state index in [9.17, 15) is 0 Å². The Morgan fingerprint density at radius 3 is 2.44 bits per heavy atom. The Bertz CT molecular complexity index is 340. The van der Waals surface area contributed by atoms with Gasteiger partial charge in [0.15, 0.2) is 0 Å². The number of nitrogens with zero attached hydrogens (tertiary/aromatic N) is 2. The maximum atomic E-state index is 5.13. The fourth-order valence-electron chi connectivity index (χ4n) is 2.21. The van der Waals surface area contributed by atoms with Gasteiger partial charge in [-0.2, -0.15) is 0 Å². The lowest BCUT2D eigenvalue weighted by molar-refractivity contribution is 0.394. The predicted octanol–water partition coefficient (Wildman–Crippen LogP) is 4.01. The summed E-state index contributed by atoms with van der Waals surface area (Å²) in [6, 6.07) is 1.92. The third kappa shape index (κ3) is 4.92. The second-order valence-corrected chi connectivity index (χ2v) is 5.79. The number of halogens is 1. The summed E-state index contributed by atoms with van der Waals surface area (Å²) in [5.74, 6) is 1.36. The van der Waals surface area contributed by atoms with Crippen LogP contribution >= 0.6 is 15.9 Å². The Morgan fingerprint density at radius 2 is 1.89 bits per heavy atom. The van der Waals surface area contributed by atoms with E-state index in [0.29, 0.717) is 10.7 Å². The van der Waals surface area contributed by atoms with Crippen molar-refractivity contribution in [2.45, 2.75) is 50.8 Å². The molecule has 0 saturated carbocycles. The van der Waals surface area contributed by atoms with Crippen LogP contribution in [0, 0.1) is 5.92 Å². The molecular formula is C14H23BrN2O. The lowest BCUT2D eigenvalue weighted by atomic mass is 9.92. The summed E-state index contributed by atoms with van der Waals surface area (Å²) in [7, 11) is 1.63. The quantitative estimate of drug-likeness (QED) is 0.680. The molecule has 0 amide bonds. The summed E-state index contributed by atoms with van der Waals surface area (Å²) in [5.41, 5.74) is 1.04. The average Bonchev–Trinajstić information content (AvgIpc) is 2.38. The van der Waals surface area contributed by atoms with Gasteiger partial charge in [-0.3, -0.25) is 0 Å². The molecule has 1 aromatic rings. The first-order valence-electron chi connectivity index (χ1n) is 6.70. The Labute approximate surface area is 119 Å². The van der Waals surface area contributed by atoms with Gasteiger partial charge < -0.3 is 4.74 Å². The van der Waals surface area contributed by atoms with Gasteiger partial charge in [0.2, 0.25) is 5.88 Å². The highest BCUT2D eigenvalue weighted by molar-refractivity contribution is 9.09. The molecule has 0 saturated heterocycles. The molecule has 0 aliphatic carbocycles. The van der Waals surface area contributed by atoms with Crippen LogP contribution in [-0.4, -0.2) is 21.9 Å². The van der Waals surface area contributed by atoms with Crippen LogP contribution in [0.1, 0.15) is 45.2 Å². The molecular weight excluding hydrogens is 292 g/mol. The van der Waals surface area contributed by atoms with E-state index < -0.39 is 0 Å². The SMILES string of the molecule is CCCC(CCC)C(Br)Cc1cc(OC)ncn1. The monoisotopic (exact) mass is 314 g/mol. The minimum atomic E-state index is 0.483. The lowest BCUT2D eigenvalue weighted by Gasteiger charge is -2.21. The molecule has 0 aromatic carbocycles. The van der Waals surface area contributed by atoms with Crippen molar-refractivity contribution >= 4 is 15.9 Å². The Morgan fingerprint density at radius 1 is 1.22 bits per heavy atom. The van der Waals surface area contributed by atoms with E-state index in [-0.39, 0.29) is 0 Å². The van der Waals surface area contributed by atoms with E-state index in [1.165, 1.54) is 25.7 Å². The Kier molecular flexibility index (Phi) is 7.25. The molecule has 0 aliphatic rings. The molecule has 0 bridgehead atoms. The molecule has 0 spiro atoms. The molecule has 1 unspecified atom stereocenters. The van der Waals surface area contributed by atoms with Gasteiger partial charge >= 0.3 is 0 Å². The number of ether oxygens (including phenoxy) is 1. The largest absolute Gasteiger partial charge is 0.481 e. The number of methoxy groups -OCH3 is 1. The van der Waals surface area contributed by atoms with Gasteiger partial charge in [0.25, 0.3) is 0 Å². The lowest BCUT2D eigenvalue weighted by Crippen LogP contribution is -2.17. The van der Waals surface area contributed by atoms with E-state index in [2.05, 4.69) is 39.7 Å². The summed E-state index contributed by atoms with van der Waals surface area (Å²) in [6.45, 7) is 4.49. The minimum absolute atomic E-state index is 0.483. The first kappa shape index (κ1) is 15.4. The van der Waals surface area contributed by atoms with Crippen LogP contribution in [0.5, 0.6) is 5.88 Å². The molecule has 1 atom stereocenters. The zero-order valence-corrected chi connectivity index (χ0v) is 13.1. The van der Waals surface area contributed by atoms with Gasteiger partial charge in [-0.25, -0.2) is 9.97 Å². The molecule has 0 aliphatic heterocycles. The highest BCUT2D eigenvalue weighted by Gasteiger charge is 2.18. The number of alkyl halides is 1. The third-order valence-corrected chi connectivity index (χ3v) is 4.21. The van der Waals surface area contributed by atoms with Crippen LogP contribution in [0.15, 0.2) is 12.4 Å². The van der Waals surface area contributed by atoms with Gasteiger partial charge in [-0.1, -0.05) is 42.6 Å². The summed E-state index contributed by atoms with van der Waals surface area (Å²) in [4.78, 5) is 8.83. The Balaban J connectivity index is 2.62. The maximum absolute atomic E-state index is 5.13. The van der Waals surface area contributed by atoms with E-state index in [0.717, 1.165) is 18.0 Å². The molecule has 1 rings (SSSR count). The van der Waals surface area contributed by atoms with Crippen LogP contribution in [-0.2, 0) is 6.42 Å². The average molecular weight is 315 g/mol. The second kappa shape index (κ2) is 8.46. The van der Waals surface area contributed by atoms with E-state index >= 15 is 0 Å². The molecule has 3 nitrogen and oxygen atoms in total. The van der Waals surface area contributed by atoms with Crippen molar-refractivity contribution in [1.82, 2.24) is 9.97 Å². The molecule has 0 radical (unpaired) electrons. The highest BCUT2D eigenvalue weighted by Crippen LogP contribution is 2.26. The Hall–Kier alpha value is -0.640. The first-order chi connectivity index (χ1) is 8.71. The maximum Gasteiger partial charge on any atom is 0.216 e. The number of hydrogen-bond acceptors (Lipinski definition) is 3. The van der Waals surface area contributed by atoms with Gasteiger partial charge in [0, 0.05) is 23.0 Å². The van der Waals surface area contributed by atoms with Crippen molar-refractivity contribution in [3.8, 4) is 5.88 Å². The summed E-state index contributed by atoms with van der Waals surface area (Å²) >= 11 is 3.83. The highest BCUT2D eigenvalue weighted by atomic mass is 79.9. The summed E-state index contributed by atoms with van der Waals surface area (Å²) < 4.78 is 5.13. The van der Waals surface area contributed by atoms with Gasteiger partial charge in [-0.15, -0.1) is 0 Å². The normalized spacial score (nSPS) is 12.7. The number of aromatic nitrogens is 2. The van der Waals surface area contributed by atoms with Crippen molar-refractivity contribution < 1.29 is 4.74 Å².